The highest BCUT2D eigenvalue weighted by atomic mass is 35.5. The molecule has 1 rings (SSSR count). The lowest BCUT2D eigenvalue weighted by Crippen LogP contribution is -2.32. The number of carboxylic acid groups (broad SMARTS) is 1. The van der Waals surface area contributed by atoms with Gasteiger partial charge in [-0.15, -0.1) is 0 Å². The molecule has 0 aliphatic carbocycles. The van der Waals surface area contributed by atoms with Gasteiger partial charge in [-0.1, -0.05) is 13.3 Å². The number of unbranched alkanes of at least 4 members (excludes halogenated alkanes) is 1. The molecule has 1 heterocycles. The van der Waals surface area contributed by atoms with Gasteiger partial charge < -0.3 is 9.90 Å². The van der Waals surface area contributed by atoms with Crippen LogP contribution in [-0.2, 0) is 18.4 Å². The summed E-state index contributed by atoms with van der Waals surface area (Å²) in [4.78, 5) is 8.89. The average Bonchev–Trinajstić information content (AvgIpc) is 2.44. The first-order chi connectivity index (χ1) is 6.99. The highest BCUT2D eigenvalue weighted by Gasteiger charge is 2.09. The summed E-state index contributed by atoms with van der Waals surface area (Å²) in [6.07, 6.45) is 6.38. The van der Waals surface area contributed by atoms with Gasteiger partial charge in [0.1, 0.15) is 12.4 Å². The van der Waals surface area contributed by atoms with E-state index in [1.807, 2.05) is 24.0 Å². The maximum absolute atomic E-state index is 8.89. The van der Waals surface area contributed by atoms with Crippen LogP contribution in [-0.4, -0.2) is 10.5 Å². The largest absolute Gasteiger partial charge is 0.550 e. The number of carbonyl (C=O) groups is 1. The van der Waals surface area contributed by atoms with Crippen LogP contribution in [0.25, 0.3) is 0 Å². The van der Waals surface area contributed by atoms with E-state index in [0.717, 1.165) is 18.8 Å². The summed E-state index contributed by atoms with van der Waals surface area (Å²) in [5.41, 5.74) is 0. The van der Waals surface area contributed by atoms with Crippen LogP contribution in [0.4, 0.5) is 0 Å². The molecule has 0 spiro atoms. The third-order valence-corrected chi connectivity index (χ3v) is 2.23. The molecular weight excluding hydrogens is 216 g/mol. The van der Waals surface area contributed by atoms with Gasteiger partial charge in [-0.2, -0.15) is 0 Å². The molecule has 0 saturated heterocycles. The number of hydrogen-bond acceptors (Lipinski definition) is 2. The van der Waals surface area contributed by atoms with Crippen molar-refractivity contribution in [1.29, 1.82) is 0 Å². The third kappa shape index (κ3) is 6.12. The fourth-order valence-corrected chi connectivity index (χ4v) is 1.20. The number of imidazole rings is 1. The maximum Gasteiger partial charge on any atom is 0.354 e. The second-order valence-corrected chi connectivity index (χ2v) is 3.55. The number of aliphatic carboxylic acids is 1. The second-order valence-electron chi connectivity index (χ2n) is 3.22. The fourth-order valence-electron chi connectivity index (χ4n) is 1.00. The van der Waals surface area contributed by atoms with Gasteiger partial charge in [0.2, 0.25) is 0 Å². The molecule has 0 unspecified atom stereocenters. The van der Waals surface area contributed by atoms with E-state index in [0.29, 0.717) is 0 Å². The molecule has 4 nitrogen and oxygen atoms in total. The summed E-state index contributed by atoms with van der Waals surface area (Å²) in [6, 6.07) is 0. The number of halogens is 1. The van der Waals surface area contributed by atoms with Crippen molar-refractivity contribution in [2.24, 2.45) is 7.05 Å². The van der Waals surface area contributed by atoms with E-state index in [1.54, 1.807) is 0 Å². The van der Waals surface area contributed by atoms with Crippen LogP contribution in [0.2, 0.25) is 5.28 Å². The maximum atomic E-state index is 8.89. The quantitative estimate of drug-likeness (QED) is 0.714. The Labute approximate surface area is 95.1 Å². The molecule has 5 heteroatoms. The topological polar surface area (TPSA) is 48.9 Å². The van der Waals surface area contributed by atoms with Crippen molar-refractivity contribution < 1.29 is 14.5 Å². The van der Waals surface area contributed by atoms with Crippen LogP contribution in [0.3, 0.4) is 0 Å². The lowest BCUT2D eigenvalue weighted by atomic mass is 10.3. The smallest absolute Gasteiger partial charge is 0.354 e. The predicted octanol–water partition coefficient (Wildman–Crippen LogP) is 0.522. The average molecular weight is 233 g/mol. The van der Waals surface area contributed by atoms with E-state index < -0.39 is 5.97 Å². The first kappa shape index (κ1) is 14.0. The Balaban J connectivity index is 0.000000423. The SMILES string of the molecule is CC(=O)[O-].CCCC[n+]1ccn(C)c1Cl. The molecule has 0 radical (unpaired) electrons. The molecule has 0 saturated carbocycles. The molecule has 0 amide bonds. The normalized spacial score (nSPS) is 9.33. The molecule has 1 aromatic heterocycles. The number of nitrogens with zero attached hydrogens (tertiary/aromatic N) is 2. The minimum atomic E-state index is -1.08. The molecular formula is C10H17ClN2O2. The highest BCUT2D eigenvalue weighted by molar-refractivity contribution is 6.27. The van der Waals surface area contributed by atoms with Crippen LogP contribution < -0.4 is 9.67 Å². The molecule has 0 N–H and O–H groups in total. The van der Waals surface area contributed by atoms with Gasteiger partial charge in [0, 0.05) is 17.6 Å². The van der Waals surface area contributed by atoms with E-state index in [9.17, 15) is 0 Å². The number of aryl methyl sites for hydroxylation is 2. The first-order valence-electron chi connectivity index (χ1n) is 4.86. The van der Waals surface area contributed by atoms with E-state index in [1.165, 1.54) is 12.8 Å². The summed E-state index contributed by atoms with van der Waals surface area (Å²) in [6.45, 7) is 4.17. The van der Waals surface area contributed by atoms with Gasteiger partial charge >= 0.3 is 5.28 Å². The zero-order valence-electron chi connectivity index (χ0n) is 9.36. The molecule has 1 aromatic rings. The molecule has 0 bridgehead atoms. The second kappa shape index (κ2) is 7.29. The standard InChI is InChI=1S/C8H14ClN2.C2H4O2/c1-3-4-5-11-7-6-10(2)8(11)9;1-2(3)4/h6-7H,3-5H2,1-2H3;1H3,(H,3,4)/q+1;/p-1. The van der Waals surface area contributed by atoms with E-state index in [-0.39, 0.29) is 0 Å². The lowest BCUT2D eigenvalue weighted by molar-refractivity contribution is -0.694. The van der Waals surface area contributed by atoms with Crippen molar-refractivity contribution in [2.45, 2.75) is 33.2 Å². The lowest BCUT2D eigenvalue weighted by Gasteiger charge is -1.93. The molecule has 0 aliphatic rings. The van der Waals surface area contributed by atoms with Crippen LogP contribution >= 0.6 is 11.6 Å². The molecule has 0 fully saturated rings. The van der Waals surface area contributed by atoms with Crippen LogP contribution in [0.15, 0.2) is 12.4 Å². The zero-order valence-corrected chi connectivity index (χ0v) is 10.1. The number of carbonyl (C=O) groups excluding carboxylic acids is 1. The molecule has 0 atom stereocenters. The van der Waals surface area contributed by atoms with Crippen molar-refractivity contribution in [1.82, 2.24) is 4.57 Å². The van der Waals surface area contributed by atoms with Crippen molar-refractivity contribution in [2.75, 3.05) is 0 Å². The first-order valence-corrected chi connectivity index (χ1v) is 5.24. The summed E-state index contributed by atoms with van der Waals surface area (Å²) in [5.74, 6) is -1.08. The van der Waals surface area contributed by atoms with Crippen molar-refractivity contribution in [3.63, 3.8) is 0 Å². The molecule has 0 aromatic carbocycles. The molecule has 15 heavy (non-hydrogen) atoms. The van der Waals surface area contributed by atoms with Crippen molar-refractivity contribution in [3.8, 4) is 0 Å². The fraction of sp³-hybridized carbons (Fsp3) is 0.600. The van der Waals surface area contributed by atoms with Gasteiger partial charge in [-0.3, -0.25) is 0 Å². The van der Waals surface area contributed by atoms with Crippen molar-refractivity contribution in [3.05, 3.63) is 17.7 Å². The van der Waals surface area contributed by atoms with Gasteiger partial charge in [0.05, 0.1) is 13.6 Å². The number of rotatable bonds is 3. The summed E-state index contributed by atoms with van der Waals surface area (Å²) in [7, 11) is 1.95. The number of aromatic nitrogens is 2. The Bertz CT molecular complexity index is 306. The van der Waals surface area contributed by atoms with Crippen molar-refractivity contribution >= 4 is 17.6 Å². The van der Waals surface area contributed by atoms with Crippen LogP contribution in [0.5, 0.6) is 0 Å². The minimum absolute atomic E-state index is 0.804. The van der Waals surface area contributed by atoms with E-state index >= 15 is 0 Å². The Morgan fingerprint density at radius 1 is 1.67 bits per heavy atom. The van der Waals surface area contributed by atoms with Gasteiger partial charge in [-0.05, 0) is 13.3 Å². The molecule has 0 aliphatic heterocycles. The van der Waals surface area contributed by atoms with E-state index in [2.05, 4.69) is 11.5 Å². The van der Waals surface area contributed by atoms with Crippen LogP contribution in [0, 0.1) is 0 Å². The molecule has 86 valence electrons. The Kier molecular flexibility index (Phi) is 6.79. The Morgan fingerprint density at radius 3 is 2.53 bits per heavy atom. The Hall–Kier alpha value is -1.03. The Morgan fingerprint density at radius 2 is 2.20 bits per heavy atom. The van der Waals surface area contributed by atoms with Gasteiger partial charge in [-0.25, -0.2) is 9.13 Å². The minimum Gasteiger partial charge on any atom is -0.550 e. The number of carboxylic acids is 1. The predicted molar refractivity (Wildman–Crippen MR) is 56.2 cm³/mol. The summed E-state index contributed by atoms with van der Waals surface area (Å²) < 4.78 is 3.97. The van der Waals surface area contributed by atoms with E-state index in [4.69, 9.17) is 21.5 Å². The summed E-state index contributed by atoms with van der Waals surface area (Å²) >= 11 is 5.97. The number of hydrogen-bond donors (Lipinski definition) is 0. The third-order valence-electron chi connectivity index (χ3n) is 1.75. The monoisotopic (exact) mass is 232 g/mol. The highest BCUT2D eigenvalue weighted by Crippen LogP contribution is 2.00. The summed E-state index contributed by atoms with van der Waals surface area (Å²) in [5, 5.41) is 9.69. The zero-order chi connectivity index (χ0) is 11.8. The van der Waals surface area contributed by atoms with Crippen LogP contribution in [0.1, 0.15) is 26.7 Å². The van der Waals surface area contributed by atoms with Gasteiger partial charge in [0.25, 0.3) is 0 Å². The van der Waals surface area contributed by atoms with Gasteiger partial charge in [0.15, 0.2) is 0 Å².